The van der Waals surface area contributed by atoms with E-state index >= 15 is 0 Å². The zero-order valence-corrected chi connectivity index (χ0v) is 13.4. The summed E-state index contributed by atoms with van der Waals surface area (Å²) >= 11 is -0.355. The number of hydrogen-bond acceptors (Lipinski definition) is 3. The third-order valence-corrected chi connectivity index (χ3v) is 5.07. The Labute approximate surface area is 119 Å². The molecule has 0 saturated carbocycles. The molecule has 0 fully saturated rings. The molecule has 1 N–H and O–H groups in total. The average molecular weight is 364 g/mol. The predicted octanol–water partition coefficient (Wildman–Crippen LogP) is 2.75. The van der Waals surface area contributed by atoms with Crippen LogP contribution in [-0.4, -0.2) is 39.7 Å². The van der Waals surface area contributed by atoms with E-state index in [9.17, 15) is 5.11 Å². The van der Waals surface area contributed by atoms with E-state index in [1.807, 2.05) is 31.2 Å². The summed E-state index contributed by atoms with van der Waals surface area (Å²) in [6.07, 6.45) is 1.19. The van der Waals surface area contributed by atoms with Crippen molar-refractivity contribution in [2.24, 2.45) is 0 Å². The van der Waals surface area contributed by atoms with Gasteiger partial charge < -0.3 is 0 Å². The Morgan fingerprint density at radius 2 is 2.00 bits per heavy atom. The van der Waals surface area contributed by atoms with E-state index in [4.69, 9.17) is 9.47 Å². The van der Waals surface area contributed by atoms with Crippen molar-refractivity contribution in [1.82, 2.24) is 0 Å². The molecule has 0 amide bonds. The molecule has 0 aromatic heterocycles. The molecule has 0 aliphatic carbocycles. The van der Waals surface area contributed by atoms with Crippen molar-refractivity contribution in [2.75, 3.05) is 13.7 Å². The maximum atomic E-state index is 10.3. The van der Waals surface area contributed by atoms with Crippen LogP contribution < -0.4 is 4.74 Å². The molecule has 18 heavy (non-hydrogen) atoms. The van der Waals surface area contributed by atoms with Gasteiger partial charge in [0.1, 0.15) is 0 Å². The summed E-state index contributed by atoms with van der Waals surface area (Å²) < 4.78 is 12.6. The molecule has 1 atom stereocenters. The summed E-state index contributed by atoms with van der Waals surface area (Å²) in [5.41, 5.74) is 0.889. The van der Waals surface area contributed by atoms with Crippen molar-refractivity contribution >= 4 is 20.9 Å². The first-order chi connectivity index (χ1) is 8.72. The molecule has 0 spiro atoms. The molecule has 1 aromatic rings. The third-order valence-electron chi connectivity index (χ3n) is 2.38. The van der Waals surface area contributed by atoms with Crippen LogP contribution in [-0.2, 0) is 4.74 Å². The van der Waals surface area contributed by atoms with Gasteiger partial charge in [0.15, 0.2) is 0 Å². The van der Waals surface area contributed by atoms with Crippen LogP contribution in [0, 0.1) is 0 Å². The van der Waals surface area contributed by atoms with Crippen molar-refractivity contribution in [3.05, 3.63) is 39.7 Å². The Morgan fingerprint density at radius 3 is 2.50 bits per heavy atom. The van der Waals surface area contributed by atoms with Crippen LogP contribution in [0.25, 0.3) is 0 Å². The van der Waals surface area contributed by atoms with Crippen LogP contribution in [0.3, 0.4) is 0 Å². The minimum atomic E-state index is -0.551. The normalized spacial score (nSPS) is 13.2. The van der Waals surface area contributed by atoms with E-state index in [1.165, 1.54) is 0 Å². The molecule has 3 nitrogen and oxygen atoms in total. The van der Waals surface area contributed by atoms with Crippen LogP contribution in [0.5, 0.6) is 5.75 Å². The molecule has 4 heteroatoms. The summed E-state index contributed by atoms with van der Waals surface area (Å²) in [5.74, 6) is 0.799. The van der Waals surface area contributed by atoms with Gasteiger partial charge >= 0.3 is 119 Å². The maximum absolute atomic E-state index is 10.3. The fraction of sp³-hybridized carbons (Fsp3) is 0.429. The predicted molar refractivity (Wildman–Crippen MR) is 73.9 cm³/mol. The van der Waals surface area contributed by atoms with Crippen LogP contribution in [0.1, 0.15) is 25.5 Å². The van der Waals surface area contributed by atoms with Crippen molar-refractivity contribution in [3.8, 4) is 5.75 Å². The Balaban J connectivity index is 2.83. The number of aliphatic hydroxyl groups excluding tert-OH is 1. The first-order valence-corrected chi connectivity index (χ1v) is 8.80. The fourth-order valence-corrected chi connectivity index (χ4v) is 3.64. The van der Waals surface area contributed by atoms with E-state index < -0.39 is 6.10 Å². The number of aliphatic hydroxyl groups is 1. The quantitative estimate of drug-likeness (QED) is 0.598. The topological polar surface area (TPSA) is 38.7 Å². The van der Waals surface area contributed by atoms with Gasteiger partial charge in [-0.05, 0) is 0 Å². The second-order valence-corrected chi connectivity index (χ2v) is 7.40. The van der Waals surface area contributed by atoms with Crippen molar-refractivity contribution in [1.29, 1.82) is 0 Å². The Kier molecular flexibility index (Phi) is 7.19. The summed E-state index contributed by atoms with van der Waals surface area (Å²) in [7, 11) is 1.63. The van der Waals surface area contributed by atoms with Gasteiger partial charge in [0.25, 0.3) is 0 Å². The average Bonchev–Trinajstić information content (AvgIpc) is 2.43. The molecule has 0 aliphatic rings. The van der Waals surface area contributed by atoms with E-state index in [0.29, 0.717) is 6.61 Å². The van der Waals surface area contributed by atoms with Gasteiger partial charge in [0.2, 0.25) is 0 Å². The number of hydrogen-bond donors (Lipinski definition) is 1. The SMILES string of the molecule is CCO/C=C(\[Te]CC)C(O)c1ccc(OC)cc1. The summed E-state index contributed by atoms with van der Waals surface area (Å²) in [5, 5.41) is 10.3. The standard InChI is InChI=1S/C14H20O3Te/c1-4-17-10-13(18-5-2)14(15)11-6-8-12(16-3)9-7-11/h6-10,14-15H,4-5H2,1-3H3/b13-10-. The van der Waals surface area contributed by atoms with Gasteiger partial charge in [-0.25, -0.2) is 0 Å². The van der Waals surface area contributed by atoms with Crippen molar-refractivity contribution < 1.29 is 14.6 Å². The Hall–Kier alpha value is -0.690. The number of rotatable bonds is 7. The number of methoxy groups -OCH3 is 1. The van der Waals surface area contributed by atoms with Gasteiger partial charge in [0.05, 0.1) is 0 Å². The van der Waals surface area contributed by atoms with Crippen LogP contribution in [0.4, 0.5) is 0 Å². The molecule has 0 heterocycles. The van der Waals surface area contributed by atoms with Crippen LogP contribution >= 0.6 is 0 Å². The Morgan fingerprint density at radius 1 is 1.33 bits per heavy atom. The molecule has 1 rings (SSSR count). The monoisotopic (exact) mass is 366 g/mol. The zero-order chi connectivity index (χ0) is 13.4. The first kappa shape index (κ1) is 15.4. The van der Waals surface area contributed by atoms with Crippen LogP contribution in [0.15, 0.2) is 34.1 Å². The third kappa shape index (κ3) is 4.53. The van der Waals surface area contributed by atoms with Gasteiger partial charge in [-0.15, -0.1) is 0 Å². The number of benzene rings is 1. The van der Waals surface area contributed by atoms with Crippen LogP contribution in [0.2, 0.25) is 4.47 Å². The molecule has 0 saturated heterocycles. The van der Waals surface area contributed by atoms with Gasteiger partial charge in [-0.1, -0.05) is 0 Å². The molecule has 0 bridgehead atoms. The van der Waals surface area contributed by atoms with Crippen molar-refractivity contribution in [3.63, 3.8) is 0 Å². The number of ether oxygens (including phenoxy) is 2. The fourth-order valence-electron chi connectivity index (χ4n) is 1.46. The Bertz CT molecular complexity index is 373. The molecule has 100 valence electrons. The summed E-state index contributed by atoms with van der Waals surface area (Å²) in [4.78, 5) is 0. The summed E-state index contributed by atoms with van der Waals surface area (Å²) in [6.45, 7) is 4.72. The second-order valence-electron chi connectivity index (χ2n) is 3.58. The van der Waals surface area contributed by atoms with E-state index in [1.54, 1.807) is 13.4 Å². The van der Waals surface area contributed by atoms with E-state index in [2.05, 4.69) is 6.92 Å². The zero-order valence-electron chi connectivity index (χ0n) is 11.1. The van der Waals surface area contributed by atoms with Gasteiger partial charge in [0, 0.05) is 0 Å². The molecular formula is C14H20O3Te. The summed E-state index contributed by atoms with van der Waals surface area (Å²) in [6, 6.07) is 7.52. The van der Waals surface area contributed by atoms with E-state index in [0.717, 1.165) is 19.4 Å². The molecule has 1 aromatic carbocycles. The van der Waals surface area contributed by atoms with Gasteiger partial charge in [-0.2, -0.15) is 0 Å². The second kappa shape index (κ2) is 8.42. The molecule has 0 aliphatic heterocycles. The molecule has 1 unspecified atom stereocenters. The first-order valence-electron chi connectivity index (χ1n) is 5.99. The molecular weight excluding hydrogens is 344 g/mol. The van der Waals surface area contributed by atoms with Crippen molar-refractivity contribution in [2.45, 2.75) is 24.4 Å². The van der Waals surface area contributed by atoms with E-state index in [-0.39, 0.29) is 20.9 Å². The minimum absolute atomic E-state index is 0.355. The molecule has 0 radical (unpaired) electrons. The van der Waals surface area contributed by atoms with Gasteiger partial charge in [-0.3, -0.25) is 0 Å².